The van der Waals surface area contributed by atoms with Crippen LogP contribution < -0.4 is 20.3 Å². The summed E-state index contributed by atoms with van der Waals surface area (Å²) in [4.78, 5) is 23.7. The van der Waals surface area contributed by atoms with E-state index in [1.54, 1.807) is 18.2 Å². The Balaban J connectivity index is 1.92. The van der Waals surface area contributed by atoms with Crippen molar-refractivity contribution in [2.45, 2.75) is 6.42 Å². The lowest BCUT2D eigenvalue weighted by Gasteiger charge is -2.10. The summed E-state index contributed by atoms with van der Waals surface area (Å²) >= 11 is 0. The summed E-state index contributed by atoms with van der Waals surface area (Å²) in [5.74, 6) is -0.885. The van der Waals surface area contributed by atoms with Gasteiger partial charge < -0.3 is 9.47 Å². The van der Waals surface area contributed by atoms with Crippen LogP contribution in [0.4, 0.5) is 0 Å². The van der Waals surface area contributed by atoms with Gasteiger partial charge in [0, 0.05) is 11.6 Å². The molecule has 2 rings (SSSR count). The standard InChI is InChI=1S/C16H20N2O6S/c1-23-13-5-3-4-11(15(13)24-2)6-7-14(19)17-18-16(20)12-8-9-25(21,22)10-12/h3-7,12H,8-10H2,1-2H3,(H,17,19)(H,18,20)/b7-6+/t12-/m1/s1. The van der Waals surface area contributed by atoms with Crippen molar-refractivity contribution in [1.82, 2.24) is 10.9 Å². The summed E-state index contributed by atoms with van der Waals surface area (Å²) in [5.41, 5.74) is 5.10. The van der Waals surface area contributed by atoms with Gasteiger partial charge in [0.2, 0.25) is 5.91 Å². The Labute approximate surface area is 146 Å². The first-order chi connectivity index (χ1) is 11.9. The van der Waals surface area contributed by atoms with Gasteiger partial charge in [-0.3, -0.25) is 20.4 Å². The van der Waals surface area contributed by atoms with Crippen LogP contribution in [0, 0.1) is 5.92 Å². The molecule has 1 atom stereocenters. The molecule has 0 aliphatic carbocycles. The molecule has 1 aliphatic heterocycles. The molecule has 1 aliphatic rings. The summed E-state index contributed by atoms with van der Waals surface area (Å²) in [6, 6.07) is 5.22. The summed E-state index contributed by atoms with van der Waals surface area (Å²) < 4.78 is 33.1. The summed E-state index contributed by atoms with van der Waals surface area (Å²) in [5, 5.41) is 0. The number of hydrogen-bond donors (Lipinski definition) is 2. The highest BCUT2D eigenvalue weighted by Crippen LogP contribution is 2.31. The second-order valence-corrected chi connectivity index (χ2v) is 7.72. The number of nitrogens with one attached hydrogen (secondary N) is 2. The molecule has 1 saturated heterocycles. The molecule has 25 heavy (non-hydrogen) atoms. The Hall–Kier alpha value is -2.55. The smallest absolute Gasteiger partial charge is 0.262 e. The molecule has 0 spiro atoms. The lowest BCUT2D eigenvalue weighted by molar-refractivity contribution is -0.129. The van der Waals surface area contributed by atoms with E-state index in [9.17, 15) is 18.0 Å². The van der Waals surface area contributed by atoms with Crippen molar-refractivity contribution in [2.75, 3.05) is 25.7 Å². The minimum absolute atomic E-state index is 0.00539. The monoisotopic (exact) mass is 368 g/mol. The molecule has 8 nitrogen and oxygen atoms in total. The number of rotatable bonds is 5. The van der Waals surface area contributed by atoms with E-state index in [4.69, 9.17) is 9.47 Å². The van der Waals surface area contributed by atoms with Crippen molar-refractivity contribution < 1.29 is 27.5 Å². The first kappa shape index (κ1) is 18.8. The number of carbonyl (C=O) groups is 2. The fourth-order valence-corrected chi connectivity index (χ4v) is 4.22. The number of para-hydroxylation sites is 1. The Kier molecular flexibility index (Phi) is 6.02. The molecule has 1 heterocycles. The Morgan fingerprint density at radius 3 is 2.56 bits per heavy atom. The molecule has 0 radical (unpaired) electrons. The predicted octanol–water partition coefficient (Wildman–Crippen LogP) is 0.299. The van der Waals surface area contributed by atoms with E-state index >= 15 is 0 Å². The van der Waals surface area contributed by atoms with Gasteiger partial charge in [-0.05, 0) is 18.6 Å². The quantitative estimate of drug-likeness (QED) is 0.571. The predicted molar refractivity (Wildman–Crippen MR) is 91.6 cm³/mol. The van der Waals surface area contributed by atoms with Crippen LogP contribution in [0.3, 0.4) is 0 Å². The summed E-state index contributed by atoms with van der Waals surface area (Å²) in [6.07, 6.45) is 3.01. The highest BCUT2D eigenvalue weighted by Gasteiger charge is 2.32. The number of amides is 2. The van der Waals surface area contributed by atoms with E-state index < -0.39 is 27.6 Å². The molecule has 0 saturated carbocycles. The third kappa shape index (κ3) is 4.96. The number of carbonyl (C=O) groups excluding carboxylic acids is 2. The van der Waals surface area contributed by atoms with Gasteiger partial charge in [-0.2, -0.15) is 0 Å². The van der Waals surface area contributed by atoms with E-state index in [-0.39, 0.29) is 17.9 Å². The van der Waals surface area contributed by atoms with Crippen molar-refractivity contribution in [3.05, 3.63) is 29.8 Å². The van der Waals surface area contributed by atoms with Gasteiger partial charge in [-0.15, -0.1) is 0 Å². The van der Waals surface area contributed by atoms with Gasteiger partial charge in [-0.1, -0.05) is 12.1 Å². The highest BCUT2D eigenvalue weighted by atomic mass is 32.2. The third-order valence-electron chi connectivity index (χ3n) is 3.76. The summed E-state index contributed by atoms with van der Waals surface area (Å²) in [6.45, 7) is 0. The first-order valence-electron chi connectivity index (χ1n) is 7.55. The van der Waals surface area contributed by atoms with Gasteiger partial charge in [0.1, 0.15) is 0 Å². The largest absolute Gasteiger partial charge is 0.493 e. The van der Waals surface area contributed by atoms with Crippen LogP contribution in [0.5, 0.6) is 11.5 Å². The molecule has 0 unspecified atom stereocenters. The first-order valence-corrected chi connectivity index (χ1v) is 9.37. The van der Waals surface area contributed by atoms with E-state index in [1.165, 1.54) is 26.4 Å². The minimum atomic E-state index is -3.15. The molecule has 1 aromatic rings. The number of methoxy groups -OCH3 is 2. The van der Waals surface area contributed by atoms with Crippen molar-refractivity contribution in [3.63, 3.8) is 0 Å². The number of hydrazine groups is 1. The van der Waals surface area contributed by atoms with Gasteiger partial charge in [0.15, 0.2) is 21.3 Å². The average Bonchev–Trinajstić information content (AvgIpc) is 2.97. The molecule has 1 aromatic carbocycles. The lowest BCUT2D eigenvalue weighted by atomic mass is 10.1. The van der Waals surface area contributed by atoms with Crippen LogP contribution in [0.15, 0.2) is 24.3 Å². The number of ether oxygens (including phenoxy) is 2. The molecular formula is C16H20N2O6S. The molecule has 0 bridgehead atoms. The maximum absolute atomic E-state index is 11.8. The van der Waals surface area contributed by atoms with Crippen molar-refractivity contribution in [2.24, 2.45) is 5.92 Å². The summed E-state index contributed by atoms with van der Waals surface area (Å²) in [7, 11) is -0.151. The maximum Gasteiger partial charge on any atom is 0.262 e. The van der Waals surface area contributed by atoms with E-state index in [0.717, 1.165) is 0 Å². The van der Waals surface area contributed by atoms with Crippen LogP contribution in [0.25, 0.3) is 6.08 Å². The second kappa shape index (κ2) is 8.02. The molecule has 9 heteroatoms. The molecule has 1 fully saturated rings. The van der Waals surface area contributed by atoms with Gasteiger partial charge >= 0.3 is 0 Å². The highest BCUT2D eigenvalue weighted by molar-refractivity contribution is 7.91. The van der Waals surface area contributed by atoms with E-state index in [1.807, 2.05) is 0 Å². The Morgan fingerprint density at radius 2 is 1.96 bits per heavy atom. The number of sulfone groups is 1. The molecule has 2 N–H and O–H groups in total. The van der Waals surface area contributed by atoms with Gasteiger partial charge in [0.05, 0.1) is 31.6 Å². The topological polar surface area (TPSA) is 111 Å². The fraction of sp³-hybridized carbons (Fsp3) is 0.375. The van der Waals surface area contributed by atoms with Crippen LogP contribution >= 0.6 is 0 Å². The van der Waals surface area contributed by atoms with E-state index in [0.29, 0.717) is 17.1 Å². The Morgan fingerprint density at radius 1 is 1.20 bits per heavy atom. The molecule has 0 aromatic heterocycles. The fourth-order valence-electron chi connectivity index (χ4n) is 2.48. The third-order valence-corrected chi connectivity index (χ3v) is 5.53. The minimum Gasteiger partial charge on any atom is -0.493 e. The SMILES string of the molecule is COc1cccc(/C=C/C(=O)NNC(=O)[C@@H]2CCS(=O)(=O)C2)c1OC. The van der Waals surface area contributed by atoms with Gasteiger partial charge in [-0.25, -0.2) is 8.42 Å². The zero-order valence-corrected chi connectivity index (χ0v) is 14.8. The number of benzene rings is 1. The van der Waals surface area contributed by atoms with Crippen LogP contribution in [0.2, 0.25) is 0 Å². The zero-order valence-electron chi connectivity index (χ0n) is 13.9. The normalized spacial score (nSPS) is 18.7. The lowest BCUT2D eigenvalue weighted by Crippen LogP contribution is -2.44. The molecular weight excluding hydrogens is 348 g/mol. The Bertz CT molecular complexity index is 788. The average molecular weight is 368 g/mol. The molecule has 136 valence electrons. The molecule has 2 amide bonds. The van der Waals surface area contributed by atoms with Crippen molar-refractivity contribution in [3.8, 4) is 11.5 Å². The van der Waals surface area contributed by atoms with Crippen molar-refractivity contribution >= 4 is 27.7 Å². The van der Waals surface area contributed by atoms with Crippen LogP contribution in [-0.4, -0.2) is 46.0 Å². The maximum atomic E-state index is 11.8. The van der Waals surface area contributed by atoms with Crippen LogP contribution in [-0.2, 0) is 19.4 Å². The zero-order chi connectivity index (χ0) is 18.4. The number of hydrogen-bond acceptors (Lipinski definition) is 6. The van der Waals surface area contributed by atoms with Crippen LogP contribution in [0.1, 0.15) is 12.0 Å². The van der Waals surface area contributed by atoms with Crippen molar-refractivity contribution in [1.29, 1.82) is 0 Å². The van der Waals surface area contributed by atoms with E-state index in [2.05, 4.69) is 10.9 Å². The van der Waals surface area contributed by atoms with Gasteiger partial charge in [0.25, 0.3) is 5.91 Å². The second-order valence-electron chi connectivity index (χ2n) is 5.49.